The van der Waals surface area contributed by atoms with Crippen molar-refractivity contribution in [3.8, 4) is 6.07 Å². The van der Waals surface area contributed by atoms with Crippen molar-refractivity contribution in [3.63, 3.8) is 0 Å². The lowest BCUT2D eigenvalue weighted by Crippen LogP contribution is -2.45. The second-order valence-electron chi connectivity index (χ2n) is 5.93. The van der Waals surface area contributed by atoms with Crippen molar-refractivity contribution in [2.24, 2.45) is 5.41 Å². The van der Waals surface area contributed by atoms with Gasteiger partial charge in [0.05, 0.1) is 12.5 Å². The Hall–Kier alpha value is -1.24. The molecule has 0 fully saturated rings. The Bertz CT molecular complexity index is 279. The van der Waals surface area contributed by atoms with Crippen LogP contribution >= 0.6 is 0 Å². The average molecular weight is 226 g/mol. The van der Waals surface area contributed by atoms with E-state index >= 15 is 0 Å². The molecule has 0 aromatic heterocycles. The van der Waals surface area contributed by atoms with Crippen molar-refractivity contribution >= 4 is 6.09 Å². The van der Waals surface area contributed by atoms with Crippen molar-refractivity contribution in [1.29, 1.82) is 5.26 Å². The van der Waals surface area contributed by atoms with Crippen molar-refractivity contribution in [2.45, 2.75) is 59.6 Å². The molecular weight excluding hydrogens is 204 g/mol. The quantitative estimate of drug-likeness (QED) is 0.787. The lowest BCUT2D eigenvalue weighted by atomic mass is 9.85. The highest BCUT2D eigenvalue weighted by atomic mass is 16.6. The van der Waals surface area contributed by atoms with Crippen LogP contribution in [0.3, 0.4) is 0 Å². The molecule has 92 valence electrons. The fourth-order valence-electron chi connectivity index (χ4n) is 1.11. The first-order valence-electron chi connectivity index (χ1n) is 5.43. The Kier molecular flexibility index (Phi) is 4.80. The second-order valence-corrected chi connectivity index (χ2v) is 5.93. The third kappa shape index (κ3) is 6.28. The van der Waals surface area contributed by atoms with Gasteiger partial charge in [-0.1, -0.05) is 20.8 Å². The maximum atomic E-state index is 11.5. The van der Waals surface area contributed by atoms with E-state index in [-0.39, 0.29) is 17.9 Å². The van der Waals surface area contributed by atoms with Gasteiger partial charge in [-0.05, 0) is 26.2 Å². The first kappa shape index (κ1) is 14.8. The van der Waals surface area contributed by atoms with Crippen LogP contribution < -0.4 is 5.32 Å². The zero-order valence-electron chi connectivity index (χ0n) is 11.0. The van der Waals surface area contributed by atoms with E-state index < -0.39 is 11.7 Å². The van der Waals surface area contributed by atoms with Crippen molar-refractivity contribution < 1.29 is 9.53 Å². The maximum Gasteiger partial charge on any atom is 0.407 e. The molecule has 0 aliphatic carbocycles. The number of nitrogens with zero attached hydrogens (tertiary/aromatic N) is 1. The van der Waals surface area contributed by atoms with Crippen LogP contribution in [0.2, 0.25) is 0 Å². The van der Waals surface area contributed by atoms with Gasteiger partial charge in [-0.15, -0.1) is 0 Å². The fourth-order valence-corrected chi connectivity index (χ4v) is 1.11. The monoisotopic (exact) mass is 226 g/mol. The molecule has 4 nitrogen and oxygen atoms in total. The zero-order valence-corrected chi connectivity index (χ0v) is 11.0. The molecule has 0 bridgehead atoms. The highest BCUT2D eigenvalue weighted by molar-refractivity contribution is 5.68. The van der Waals surface area contributed by atoms with E-state index in [1.807, 2.05) is 41.5 Å². The van der Waals surface area contributed by atoms with E-state index in [2.05, 4.69) is 11.4 Å². The Morgan fingerprint density at radius 1 is 1.31 bits per heavy atom. The lowest BCUT2D eigenvalue weighted by molar-refractivity contribution is 0.0466. The van der Waals surface area contributed by atoms with E-state index in [4.69, 9.17) is 10.00 Å². The van der Waals surface area contributed by atoms with Crippen LogP contribution in [0.25, 0.3) is 0 Å². The molecule has 1 amide bonds. The largest absolute Gasteiger partial charge is 0.444 e. The minimum atomic E-state index is -0.515. The summed E-state index contributed by atoms with van der Waals surface area (Å²) in [5.74, 6) is 0. The second kappa shape index (κ2) is 5.20. The van der Waals surface area contributed by atoms with Gasteiger partial charge in [-0.25, -0.2) is 4.79 Å². The van der Waals surface area contributed by atoms with E-state index in [0.717, 1.165) is 0 Å². The number of ether oxygens (including phenoxy) is 1. The predicted molar refractivity (Wildman–Crippen MR) is 62.8 cm³/mol. The highest BCUT2D eigenvalue weighted by Crippen LogP contribution is 2.22. The molecule has 0 rings (SSSR count). The molecule has 0 heterocycles. The summed E-state index contributed by atoms with van der Waals surface area (Å²) in [6, 6.07) is 1.87. The van der Waals surface area contributed by atoms with Crippen LogP contribution in [0.5, 0.6) is 0 Å². The number of nitrogens with one attached hydrogen (secondary N) is 1. The van der Waals surface area contributed by atoms with Crippen molar-refractivity contribution in [1.82, 2.24) is 5.32 Å². The molecule has 16 heavy (non-hydrogen) atoms. The third-order valence-corrected chi connectivity index (χ3v) is 2.03. The average Bonchev–Trinajstić information content (AvgIpc) is 1.97. The molecule has 1 unspecified atom stereocenters. The first-order valence-corrected chi connectivity index (χ1v) is 5.43. The summed E-state index contributed by atoms with van der Waals surface area (Å²) in [5, 5.41) is 11.4. The molecule has 0 aliphatic rings. The number of hydrogen-bond donors (Lipinski definition) is 1. The maximum absolute atomic E-state index is 11.5. The van der Waals surface area contributed by atoms with E-state index in [1.54, 1.807) is 0 Å². The highest BCUT2D eigenvalue weighted by Gasteiger charge is 2.27. The number of hydrogen-bond acceptors (Lipinski definition) is 3. The number of rotatable bonds is 2. The summed E-state index contributed by atoms with van der Waals surface area (Å²) in [6.07, 6.45) is -0.189. The van der Waals surface area contributed by atoms with Gasteiger partial charge in [0.25, 0.3) is 0 Å². The molecule has 0 saturated heterocycles. The van der Waals surface area contributed by atoms with Gasteiger partial charge in [0.1, 0.15) is 5.60 Å². The Balaban J connectivity index is 4.43. The summed E-state index contributed by atoms with van der Waals surface area (Å²) in [5.41, 5.74) is -0.675. The van der Waals surface area contributed by atoms with E-state index in [9.17, 15) is 4.79 Å². The van der Waals surface area contributed by atoms with Crippen LogP contribution in [-0.2, 0) is 4.74 Å². The van der Waals surface area contributed by atoms with Gasteiger partial charge in [-0.2, -0.15) is 5.26 Å². The Labute approximate surface area is 98.0 Å². The van der Waals surface area contributed by atoms with Gasteiger partial charge < -0.3 is 10.1 Å². The van der Waals surface area contributed by atoms with Crippen LogP contribution in [0.15, 0.2) is 0 Å². The van der Waals surface area contributed by atoms with Crippen LogP contribution in [0.4, 0.5) is 4.79 Å². The summed E-state index contributed by atoms with van der Waals surface area (Å²) < 4.78 is 5.15. The van der Waals surface area contributed by atoms with Gasteiger partial charge >= 0.3 is 6.09 Å². The minimum Gasteiger partial charge on any atom is -0.444 e. The topological polar surface area (TPSA) is 62.1 Å². The fraction of sp³-hybridized carbons (Fsp3) is 0.833. The number of carbonyl (C=O) groups excluding carboxylic acids is 1. The van der Waals surface area contributed by atoms with Gasteiger partial charge in [-0.3, -0.25) is 0 Å². The molecule has 1 atom stereocenters. The predicted octanol–water partition coefficient (Wildman–Crippen LogP) is 2.84. The zero-order chi connectivity index (χ0) is 13.0. The van der Waals surface area contributed by atoms with Crippen LogP contribution in [0.1, 0.15) is 48.0 Å². The molecule has 1 N–H and O–H groups in total. The molecular formula is C12H22N2O2. The van der Waals surface area contributed by atoms with Crippen LogP contribution in [-0.4, -0.2) is 17.7 Å². The molecule has 0 saturated carbocycles. The van der Waals surface area contributed by atoms with Crippen molar-refractivity contribution in [2.75, 3.05) is 0 Å². The molecule has 4 heteroatoms. The summed E-state index contributed by atoms with van der Waals surface area (Å²) in [7, 11) is 0. The van der Waals surface area contributed by atoms with E-state index in [0.29, 0.717) is 0 Å². The van der Waals surface area contributed by atoms with Crippen LogP contribution in [0, 0.1) is 16.7 Å². The summed E-state index contributed by atoms with van der Waals surface area (Å²) in [6.45, 7) is 11.4. The SMILES string of the molecule is CC(C)(C)OC(=O)NC(CC#N)C(C)(C)C. The standard InChI is InChI=1S/C12H22N2O2/c1-11(2,3)9(7-8-13)14-10(15)16-12(4,5)6/h9H,7H2,1-6H3,(H,14,15). The lowest BCUT2D eigenvalue weighted by Gasteiger charge is -2.30. The normalized spacial score (nSPS) is 13.8. The van der Waals surface area contributed by atoms with Gasteiger partial charge in [0.15, 0.2) is 0 Å². The molecule has 0 aromatic carbocycles. The number of carbonyl (C=O) groups is 1. The number of amides is 1. The number of nitriles is 1. The molecule has 0 aromatic rings. The Morgan fingerprint density at radius 3 is 2.12 bits per heavy atom. The first-order chi connectivity index (χ1) is 7.06. The molecule has 0 spiro atoms. The molecule has 0 aliphatic heterocycles. The minimum absolute atomic E-state index is 0.160. The van der Waals surface area contributed by atoms with Gasteiger partial charge in [0.2, 0.25) is 0 Å². The van der Waals surface area contributed by atoms with Gasteiger partial charge in [0, 0.05) is 6.04 Å². The van der Waals surface area contributed by atoms with E-state index in [1.165, 1.54) is 0 Å². The summed E-state index contributed by atoms with van der Waals surface area (Å²) in [4.78, 5) is 11.5. The Morgan fingerprint density at radius 2 is 1.81 bits per heavy atom. The smallest absolute Gasteiger partial charge is 0.407 e. The number of alkyl carbamates (subject to hydrolysis) is 1. The summed E-state index contributed by atoms with van der Waals surface area (Å²) >= 11 is 0. The van der Waals surface area contributed by atoms with Crippen molar-refractivity contribution in [3.05, 3.63) is 0 Å². The third-order valence-electron chi connectivity index (χ3n) is 2.03. The molecule has 0 radical (unpaired) electrons.